The number of fused-ring (bicyclic) bond motifs is 1. The van der Waals surface area contributed by atoms with Gasteiger partial charge in [0.05, 0.1) is 24.6 Å². The van der Waals surface area contributed by atoms with Crippen LogP contribution in [0.25, 0.3) is 22.0 Å². The van der Waals surface area contributed by atoms with Crippen LogP contribution < -0.4 is 5.32 Å². The van der Waals surface area contributed by atoms with Crippen molar-refractivity contribution in [2.45, 2.75) is 13.0 Å². The molecule has 1 aromatic heterocycles. The van der Waals surface area contributed by atoms with Crippen LogP contribution in [0.5, 0.6) is 0 Å². The fourth-order valence-electron chi connectivity index (χ4n) is 3.41. The molecule has 0 saturated heterocycles. The van der Waals surface area contributed by atoms with E-state index in [0.717, 1.165) is 27.6 Å². The van der Waals surface area contributed by atoms with Gasteiger partial charge in [-0.05, 0) is 47.0 Å². The predicted molar refractivity (Wildman–Crippen MR) is 118 cm³/mol. The van der Waals surface area contributed by atoms with Gasteiger partial charge in [-0.1, -0.05) is 48.0 Å². The van der Waals surface area contributed by atoms with Gasteiger partial charge >= 0.3 is 0 Å². The van der Waals surface area contributed by atoms with Gasteiger partial charge in [-0.3, -0.25) is 9.48 Å². The highest BCUT2D eigenvalue weighted by Crippen LogP contribution is 2.29. The van der Waals surface area contributed by atoms with Crippen LogP contribution >= 0.6 is 11.6 Å². The van der Waals surface area contributed by atoms with E-state index in [1.54, 1.807) is 6.07 Å². The fraction of sp³-hybridized carbons (Fsp3) is 0.125. The summed E-state index contributed by atoms with van der Waals surface area (Å²) in [6.07, 6.45) is 2.31. The minimum Gasteiger partial charge on any atom is -0.351 e. The van der Waals surface area contributed by atoms with Crippen LogP contribution in [-0.2, 0) is 6.54 Å². The monoisotopic (exact) mass is 414 g/mol. The Balaban J connectivity index is 1.65. The largest absolute Gasteiger partial charge is 0.351 e. The Morgan fingerprint density at radius 3 is 2.77 bits per heavy atom. The maximum Gasteiger partial charge on any atom is 0.251 e. The number of hydrogen-bond donors (Lipinski definition) is 1. The molecule has 148 valence electrons. The molecule has 0 aliphatic rings. The molecular weight excluding hydrogens is 396 g/mol. The Kier molecular flexibility index (Phi) is 5.78. The van der Waals surface area contributed by atoms with E-state index in [9.17, 15) is 4.79 Å². The summed E-state index contributed by atoms with van der Waals surface area (Å²) in [5.74, 6) is -0.184. The number of nitrogens with zero attached hydrogens (tertiary/aromatic N) is 3. The van der Waals surface area contributed by atoms with Crippen molar-refractivity contribution in [3.05, 3.63) is 89.1 Å². The number of aromatic nitrogens is 2. The number of carbonyl (C=O) groups excluding carboxylic acids is 1. The minimum atomic E-state index is -0.184. The molecule has 0 bridgehead atoms. The Morgan fingerprint density at radius 1 is 1.10 bits per heavy atom. The standard InChI is InChI=1S/C24H19ClN4O/c25-20-8-1-5-17(13-20)15-29-16-22-21(9-3-10-23(22)28-29)18-6-2-7-19(14-18)24(30)27-12-4-11-26/h1-3,5-10,13-14,16H,4,12,15H2,(H,27,30). The average Bonchev–Trinajstić information content (AvgIpc) is 3.16. The van der Waals surface area contributed by atoms with E-state index >= 15 is 0 Å². The van der Waals surface area contributed by atoms with Crippen LogP contribution in [0.1, 0.15) is 22.3 Å². The molecule has 0 radical (unpaired) electrons. The third-order valence-corrected chi connectivity index (χ3v) is 5.02. The highest BCUT2D eigenvalue weighted by molar-refractivity contribution is 6.30. The van der Waals surface area contributed by atoms with Gasteiger partial charge < -0.3 is 5.32 Å². The summed E-state index contributed by atoms with van der Waals surface area (Å²) in [5.41, 5.74) is 4.48. The molecule has 0 aliphatic carbocycles. The Labute approximate surface area is 179 Å². The summed E-state index contributed by atoms with van der Waals surface area (Å²) in [7, 11) is 0. The van der Waals surface area contributed by atoms with Crippen molar-refractivity contribution in [2.75, 3.05) is 6.54 Å². The number of rotatable bonds is 6. The lowest BCUT2D eigenvalue weighted by atomic mass is 10.00. The lowest BCUT2D eigenvalue weighted by Gasteiger charge is -2.07. The minimum absolute atomic E-state index is 0.184. The average molecular weight is 415 g/mol. The van der Waals surface area contributed by atoms with E-state index in [0.29, 0.717) is 23.7 Å². The lowest BCUT2D eigenvalue weighted by Crippen LogP contribution is -2.24. The van der Waals surface area contributed by atoms with Crippen molar-refractivity contribution in [3.8, 4) is 17.2 Å². The van der Waals surface area contributed by atoms with Crippen molar-refractivity contribution in [1.29, 1.82) is 5.26 Å². The van der Waals surface area contributed by atoms with Gasteiger partial charge in [0.1, 0.15) is 0 Å². The fourth-order valence-corrected chi connectivity index (χ4v) is 3.62. The molecule has 0 unspecified atom stereocenters. The molecule has 5 nitrogen and oxygen atoms in total. The van der Waals surface area contributed by atoms with E-state index < -0.39 is 0 Å². The third kappa shape index (κ3) is 4.35. The zero-order chi connectivity index (χ0) is 20.9. The van der Waals surface area contributed by atoms with Crippen LogP contribution in [0.3, 0.4) is 0 Å². The normalized spacial score (nSPS) is 10.7. The molecule has 3 aromatic carbocycles. The highest BCUT2D eigenvalue weighted by Gasteiger charge is 2.11. The first kappa shape index (κ1) is 19.7. The summed E-state index contributed by atoms with van der Waals surface area (Å²) in [6.45, 7) is 0.960. The van der Waals surface area contributed by atoms with Crippen LogP contribution in [0.15, 0.2) is 72.9 Å². The van der Waals surface area contributed by atoms with Crippen LogP contribution in [-0.4, -0.2) is 22.2 Å². The summed E-state index contributed by atoms with van der Waals surface area (Å²) in [4.78, 5) is 12.4. The van der Waals surface area contributed by atoms with Crippen molar-refractivity contribution >= 4 is 28.4 Å². The first-order valence-corrected chi connectivity index (χ1v) is 9.98. The Bertz CT molecular complexity index is 1260. The molecule has 0 fully saturated rings. The number of benzene rings is 3. The molecule has 0 spiro atoms. The van der Waals surface area contributed by atoms with Gasteiger partial charge in [0.15, 0.2) is 0 Å². The van der Waals surface area contributed by atoms with E-state index in [1.807, 2.05) is 77.6 Å². The number of carbonyl (C=O) groups is 1. The smallest absolute Gasteiger partial charge is 0.251 e. The zero-order valence-corrected chi connectivity index (χ0v) is 16.9. The summed E-state index contributed by atoms with van der Waals surface area (Å²) in [5, 5.41) is 17.8. The second-order valence-electron chi connectivity index (χ2n) is 6.94. The summed E-state index contributed by atoms with van der Waals surface area (Å²) in [6, 6.07) is 23.2. The van der Waals surface area contributed by atoms with E-state index in [2.05, 4.69) is 5.32 Å². The second kappa shape index (κ2) is 8.81. The Hall–Kier alpha value is -3.62. The summed E-state index contributed by atoms with van der Waals surface area (Å²) >= 11 is 6.10. The molecular formula is C24H19ClN4O. The molecule has 1 amide bonds. The topological polar surface area (TPSA) is 70.7 Å². The number of halogens is 1. The van der Waals surface area contributed by atoms with Crippen LogP contribution in [0, 0.1) is 11.3 Å². The molecule has 6 heteroatoms. The molecule has 1 N–H and O–H groups in total. The molecule has 0 saturated carbocycles. The second-order valence-corrected chi connectivity index (χ2v) is 7.38. The first-order valence-electron chi connectivity index (χ1n) is 9.60. The van der Waals surface area contributed by atoms with Crippen molar-refractivity contribution in [1.82, 2.24) is 15.1 Å². The first-order chi connectivity index (χ1) is 14.6. The maximum atomic E-state index is 12.4. The van der Waals surface area contributed by atoms with E-state index in [1.165, 1.54) is 0 Å². The Morgan fingerprint density at radius 2 is 1.93 bits per heavy atom. The number of nitriles is 1. The zero-order valence-electron chi connectivity index (χ0n) is 16.2. The molecule has 4 rings (SSSR count). The maximum absolute atomic E-state index is 12.4. The molecule has 0 atom stereocenters. The lowest BCUT2D eigenvalue weighted by molar-refractivity contribution is 0.0954. The molecule has 1 heterocycles. The van der Waals surface area contributed by atoms with Crippen LogP contribution in [0.2, 0.25) is 5.02 Å². The predicted octanol–water partition coefficient (Wildman–Crippen LogP) is 5.05. The van der Waals surface area contributed by atoms with Gasteiger partial charge in [-0.15, -0.1) is 0 Å². The van der Waals surface area contributed by atoms with Gasteiger partial charge in [0.25, 0.3) is 5.91 Å². The van der Waals surface area contributed by atoms with Crippen LogP contribution in [0.4, 0.5) is 0 Å². The molecule has 0 aliphatic heterocycles. The third-order valence-electron chi connectivity index (χ3n) is 4.79. The van der Waals surface area contributed by atoms with Gasteiger partial charge in [-0.25, -0.2) is 0 Å². The van der Waals surface area contributed by atoms with Crippen molar-refractivity contribution in [3.63, 3.8) is 0 Å². The van der Waals surface area contributed by atoms with E-state index in [4.69, 9.17) is 22.0 Å². The molecule has 4 aromatic rings. The number of amides is 1. The summed E-state index contributed by atoms with van der Waals surface area (Å²) < 4.78 is 1.90. The van der Waals surface area contributed by atoms with Crippen molar-refractivity contribution < 1.29 is 4.79 Å². The van der Waals surface area contributed by atoms with Crippen molar-refractivity contribution in [2.24, 2.45) is 0 Å². The number of hydrogen-bond acceptors (Lipinski definition) is 3. The SMILES string of the molecule is N#CCCNC(=O)c1cccc(-c2cccc3nn(Cc4cccc(Cl)c4)cc23)c1. The quantitative estimate of drug-likeness (QED) is 0.449. The van der Waals surface area contributed by atoms with Gasteiger partial charge in [-0.2, -0.15) is 10.4 Å². The molecule has 30 heavy (non-hydrogen) atoms. The number of nitrogens with one attached hydrogen (secondary N) is 1. The van der Waals surface area contributed by atoms with Gasteiger partial charge in [0.2, 0.25) is 0 Å². The highest BCUT2D eigenvalue weighted by atomic mass is 35.5. The van der Waals surface area contributed by atoms with E-state index in [-0.39, 0.29) is 12.3 Å². The van der Waals surface area contributed by atoms with Gasteiger partial charge in [0, 0.05) is 28.7 Å².